The first-order valence-electron chi connectivity index (χ1n) is 11.8. The number of aromatic nitrogens is 4. The van der Waals surface area contributed by atoms with Gasteiger partial charge in [0.1, 0.15) is 16.0 Å². The summed E-state index contributed by atoms with van der Waals surface area (Å²) in [5, 5.41) is 8.00. The van der Waals surface area contributed by atoms with E-state index in [-0.39, 0.29) is 42.5 Å². The van der Waals surface area contributed by atoms with Crippen LogP contribution in [0.4, 0.5) is 19.0 Å². The molecule has 0 aromatic carbocycles. The maximum Gasteiger partial charge on any atom is 0.394 e. The number of carbonyl (C=O) groups excluding carboxylic acids is 1. The predicted molar refractivity (Wildman–Crippen MR) is 135 cm³/mol. The van der Waals surface area contributed by atoms with Crippen molar-refractivity contribution in [2.24, 2.45) is 5.41 Å². The Balaban J connectivity index is 1.31. The fourth-order valence-electron chi connectivity index (χ4n) is 3.53. The van der Waals surface area contributed by atoms with Gasteiger partial charge in [0.2, 0.25) is 5.88 Å². The highest BCUT2D eigenvalue weighted by atomic mass is 35.5. The Morgan fingerprint density at radius 2 is 2.03 bits per heavy atom. The Hall–Kier alpha value is -2.99. The second-order valence-corrected chi connectivity index (χ2v) is 9.84. The van der Waals surface area contributed by atoms with E-state index < -0.39 is 17.5 Å². The van der Waals surface area contributed by atoms with E-state index in [2.05, 4.69) is 32.0 Å². The van der Waals surface area contributed by atoms with E-state index in [9.17, 15) is 18.0 Å². The monoisotopic (exact) mass is 554 g/mol. The molecule has 1 aliphatic rings. The molecule has 2 N–H and O–H groups in total. The molecule has 0 aliphatic heterocycles. The number of halogens is 4. The molecule has 8 nitrogen and oxygen atoms in total. The van der Waals surface area contributed by atoms with Crippen molar-refractivity contribution in [3.05, 3.63) is 53.3 Å². The van der Waals surface area contributed by atoms with Crippen LogP contribution < -0.4 is 14.8 Å². The molecule has 1 aliphatic carbocycles. The van der Waals surface area contributed by atoms with Crippen molar-refractivity contribution >= 4 is 35.3 Å². The van der Waals surface area contributed by atoms with Crippen molar-refractivity contribution in [1.29, 1.82) is 0 Å². The van der Waals surface area contributed by atoms with Gasteiger partial charge in [0.05, 0.1) is 17.6 Å². The van der Waals surface area contributed by atoms with Crippen LogP contribution in [0.15, 0.2) is 47.6 Å². The molecule has 3 aromatic heterocycles. The van der Waals surface area contributed by atoms with Crippen LogP contribution in [0.25, 0.3) is 5.82 Å². The van der Waals surface area contributed by atoms with Gasteiger partial charge in [-0.1, -0.05) is 31.0 Å². The molecule has 0 atom stereocenters. The average Bonchev–Trinajstić information content (AvgIpc) is 3.53. The summed E-state index contributed by atoms with van der Waals surface area (Å²) in [5.41, 5.74) is -1.45. The van der Waals surface area contributed by atoms with Crippen molar-refractivity contribution in [3.63, 3.8) is 0 Å². The first kappa shape index (κ1) is 27.1. The van der Waals surface area contributed by atoms with Gasteiger partial charge in [0.25, 0.3) is 5.91 Å². The molecule has 1 fully saturated rings. The lowest BCUT2D eigenvalue weighted by Gasteiger charge is -2.18. The molecular formula is C24H26ClF3N6O2S. The highest BCUT2D eigenvalue weighted by Crippen LogP contribution is 2.59. The van der Waals surface area contributed by atoms with E-state index >= 15 is 0 Å². The lowest BCUT2D eigenvalue weighted by molar-refractivity contribution is -0.190. The Labute approximate surface area is 221 Å². The van der Waals surface area contributed by atoms with Gasteiger partial charge in [-0.2, -0.15) is 13.2 Å². The first-order chi connectivity index (χ1) is 17.7. The molecule has 1 amide bonds. The quantitative estimate of drug-likeness (QED) is 0.159. The molecule has 0 saturated heterocycles. The number of amides is 1. The Kier molecular flexibility index (Phi) is 8.48. The zero-order valence-electron chi connectivity index (χ0n) is 20.0. The van der Waals surface area contributed by atoms with Crippen LogP contribution in [-0.4, -0.2) is 45.0 Å². The maximum atomic E-state index is 13.0. The molecule has 0 unspecified atom stereocenters. The van der Waals surface area contributed by atoms with Crippen molar-refractivity contribution in [1.82, 2.24) is 24.5 Å². The minimum Gasteiger partial charge on any atom is -0.477 e. The predicted octanol–water partition coefficient (Wildman–Crippen LogP) is 6.08. The standard InChI is InChI=1S/C24H26ClF3N6O2S/c1-2-3-13-29-17-5-4-6-20(30-17)37-33-22(35)16-7-8-18(31-21(16)25)34-14-9-19(32-34)36-15-12-23(10-11-23)24(26,27)28/h4-9,14H,2-3,10-13,15H2,1H3,(H,29,30)(H,33,35). The zero-order chi connectivity index (χ0) is 26.5. The molecule has 0 spiro atoms. The van der Waals surface area contributed by atoms with Crippen LogP contribution in [0.5, 0.6) is 5.88 Å². The normalized spacial score (nSPS) is 14.3. The summed E-state index contributed by atoms with van der Waals surface area (Å²) in [5.74, 6) is 0.786. The van der Waals surface area contributed by atoms with E-state index in [4.69, 9.17) is 16.3 Å². The van der Waals surface area contributed by atoms with Crippen molar-refractivity contribution < 1.29 is 22.7 Å². The molecule has 3 aromatic rings. The highest BCUT2D eigenvalue weighted by Gasteiger charge is 2.62. The van der Waals surface area contributed by atoms with Crippen molar-refractivity contribution in [2.75, 3.05) is 18.5 Å². The largest absolute Gasteiger partial charge is 0.477 e. The van der Waals surface area contributed by atoms with Gasteiger partial charge >= 0.3 is 6.18 Å². The molecule has 13 heteroatoms. The van der Waals surface area contributed by atoms with Gasteiger partial charge in [0, 0.05) is 30.8 Å². The topological polar surface area (TPSA) is 94.0 Å². The summed E-state index contributed by atoms with van der Waals surface area (Å²) >= 11 is 7.32. The number of anilines is 1. The zero-order valence-corrected chi connectivity index (χ0v) is 21.6. The van der Waals surface area contributed by atoms with Crippen molar-refractivity contribution in [3.8, 4) is 11.7 Å². The summed E-state index contributed by atoms with van der Waals surface area (Å²) < 4.78 is 48.6. The molecule has 3 heterocycles. The lowest BCUT2D eigenvalue weighted by atomic mass is 10.0. The van der Waals surface area contributed by atoms with Gasteiger partial charge in [0.15, 0.2) is 5.82 Å². The average molecular weight is 555 g/mol. The number of hydrogen-bond donors (Lipinski definition) is 2. The number of rotatable bonds is 12. The summed E-state index contributed by atoms with van der Waals surface area (Å²) in [7, 11) is 0. The fourth-order valence-corrected chi connectivity index (χ4v) is 4.36. The number of carbonyl (C=O) groups is 1. The van der Waals surface area contributed by atoms with Gasteiger partial charge in [-0.15, -0.1) is 5.10 Å². The summed E-state index contributed by atoms with van der Waals surface area (Å²) in [6.45, 7) is 2.84. The smallest absolute Gasteiger partial charge is 0.394 e. The third kappa shape index (κ3) is 6.86. The molecular weight excluding hydrogens is 529 g/mol. The summed E-state index contributed by atoms with van der Waals surface area (Å²) in [6, 6.07) is 10.1. The number of nitrogens with zero attached hydrogens (tertiary/aromatic N) is 4. The third-order valence-corrected chi connectivity index (χ3v) is 6.98. The summed E-state index contributed by atoms with van der Waals surface area (Å²) in [4.78, 5) is 21.3. The molecule has 198 valence electrons. The maximum absolute atomic E-state index is 13.0. The Bertz CT molecular complexity index is 1240. The summed E-state index contributed by atoms with van der Waals surface area (Å²) in [6.07, 6.45) is -0.394. The van der Waals surface area contributed by atoms with Gasteiger partial charge < -0.3 is 10.1 Å². The third-order valence-electron chi connectivity index (χ3n) is 5.97. The SMILES string of the molecule is CCCCNc1cccc(SNC(=O)c2ccc(-n3ccc(OCCC4(C(F)(F)F)CC4)n3)nc2Cl)n1. The van der Waals surface area contributed by atoms with E-state index in [0.717, 1.165) is 37.2 Å². The van der Waals surface area contributed by atoms with Crippen LogP contribution in [0, 0.1) is 5.41 Å². The highest BCUT2D eigenvalue weighted by molar-refractivity contribution is 7.97. The van der Waals surface area contributed by atoms with Gasteiger partial charge in [-0.3, -0.25) is 9.52 Å². The number of ether oxygens (including phenoxy) is 1. The molecule has 1 saturated carbocycles. The number of unbranched alkanes of at least 4 members (excludes halogenated alkanes) is 1. The van der Waals surface area contributed by atoms with Crippen molar-refractivity contribution in [2.45, 2.75) is 50.2 Å². The molecule has 0 bridgehead atoms. The van der Waals surface area contributed by atoms with Crippen LogP contribution >= 0.6 is 23.5 Å². The van der Waals surface area contributed by atoms with Crippen LogP contribution in [0.3, 0.4) is 0 Å². The fraction of sp³-hybridized carbons (Fsp3) is 0.417. The number of nitrogens with one attached hydrogen (secondary N) is 2. The van der Waals surface area contributed by atoms with E-state index in [1.807, 2.05) is 12.1 Å². The van der Waals surface area contributed by atoms with Crippen LogP contribution in [0.2, 0.25) is 5.15 Å². The number of alkyl halides is 3. The Morgan fingerprint density at radius 1 is 1.22 bits per heavy atom. The molecule has 0 radical (unpaired) electrons. The second kappa shape index (κ2) is 11.6. The van der Waals surface area contributed by atoms with Gasteiger partial charge in [-0.25, -0.2) is 14.6 Å². The minimum absolute atomic E-state index is 0.0302. The van der Waals surface area contributed by atoms with E-state index in [1.54, 1.807) is 18.3 Å². The first-order valence-corrected chi connectivity index (χ1v) is 13.0. The number of pyridine rings is 2. The van der Waals surface area contributed by atoms with E-state index in [1.165, 1.54) is 16.8 Å². The molecule has 4 rings (SSSR count). The number of hydrogen-bond acceptors (Lipinski definition) is 7. The van der Waals surface area contributed by atoms with Crippen LogP contribution in [-0.2, 0) is 0 Å². The van der Waals surface area contributed by atoms with Gasteiger partial charge in [-0.05, 0) is 49.9 Å². The lowest BCUT2D eigenvalue weighted by Crippen LogP contribution is -2.26. The minimum atomic E-state index is -4.21. The van der Waals surface area contributed by atoms with E-state index in [0.29, 0.717) is 10.8 Å². The van der Waals surface area contributed by atoms with Crippen LogP contribution in [0.1, 0.15) is 49.4 Å². The second-order valence-electron chi connectivity index (χ2n) is 8.66. The Morgan fingerprint density at radius 3 is 2.73 bits per heavy atom. The molecule has 37 heavy (non-hydrogen) atoms.